The van der Waals surface area contributed by atoms with Crippen molar-refractivity contribution in [3.05, 3.63) is 99.8 Å². The van der Waals surface area contributed by atoms with Crippen LogP contribution in [0.4, 0.5) is 0 Å². The van der Waals surface area contributed by atoms with Gasteiger partial charge in [0.05, 0.1) is 17.7 Å². The average molecular weight is 487 g/mol. The van der Waals surface area contributed by atoms with E-state index in [0.717, 1.165) is 23.3 Å². The highest BCUT2D eigenvalue weighted by Gasteiger charge is 2.40. The van der Waals surface area contributed by atoms with E-state index in [9.17, 15) is 9.59 Å². The van der Waals surface area contributed by atoms with Crippen LogP contribution in [-0.2, 0) is 17.9 Å². The summed E-state index contributed by atoms with van der Waals surface area (Å²) in [6, 6.07) is 19.8. The van der Waals surface area contributed by atoms with Crippen LogP contribution >= 0.6 is 11.8 Å². The molecule has 2 aromatic carbocycles. The summed E-state index contributed by atoms with van der Waals surface area (Å²) < 4.78 is 5.26. The summed E-state index contributed by atoms with van der Waals surface area (Å²) in [5.41, 5.74) is 3.90. The quantitative estimate of drug-likeness (QED) is 0.438. The number of benzene rings is 2. The minimum absolute atomic E-state index is 0.111. The molecule has 180 valence electrons. The fourth-order valence-corrected chi connectivity index (χ4v) is 6.41. The van der Waals surface area contributed by atoms with Crippen LogP contribution in [0.2, 0.25) is 0 Å². The molecule has 2 fully saturated rings. The van der Waals surface area contributed by atoms with Gasteiger partial charge in [0.25, 0.3) is 11.8 Å². The Kier molecular flexibility index (Phi) is 7.09. The third-order valence-corrected chi connectivity index (χ3v) is 8.13. The fourth-order valence-electron chi connectivity index (χ4n) is 4.93. The molecule has 2 heterocycles. The Balaban J connectivity index is 1.32. The summed E-state index contributed by atoms with van der Waals surface area (Å²) in [4.78, 5) is 29.0. The standard InChI is InChI=1S/C29H30N2O3S/c1-20-6-4-7-22(16-20)19-31-25-9-2-3-10-26(25)35-27(29(31)33)17-21-11-13-23(14-12-21)28(32)30-18-24-8-5-15-34-24/h4-8,11-17,25-26H,2-3,9-10,18-19H2,1H3,(H,30,32)/b27-17+. The molecule has 3 aromatic rings. The molecule has 1 aromatic heterocycles. The average Bonchev–Trinajstić information content (AvgIpc) is 3.39. The number of nitrogens with one attached hydrogen (secondary N) is 1. The first-order valence-corrected chi connectivity index (χ1v) is 13.1. The molecule has 35 heavy (non-hydrogen) atoms. The fraction of sp³-hybridized carbons (Fsp3) is 0.310. The van der Waals surface area contributed by atoms with Crippen molar-refractivity contribution in [1.29, 1.82) is 0 Å². The number of hydrogen-bond donors (Lipinski definition) is 1. The molecule has 1 saturated carbocycles. The topological polar surface area (TPSA) is 62.6 Å². The van der Waals surface area contributed by atoms with Crippen LogP contribution in [0.1, 0.15) is 58.5 Å². The molecule has 2 amide bonds. The predicted octanol–water partition coefficient (Wildman–Crippen LogP) is 5.95. The van der Waals surface area contributed by atoms with Crippen LogP contribution in [0, 0.1) is 6.92 Å². The molecule has 1 aliphatic heterocycles. The number of fused-ring (bicyclic) bond motifs is 1. The van der Waals surface area contributed by atoms with Crippen molar-refractivity contribution in [2.75, 3.05) is 0 Å². The van der Waals surface area contributed by atoms with Gasteiger partial charge in [-0.2, -0.15) is 0 Å². The van der Waals surface area contributed by atoms with Gasteiger partial charge in [-0.05, 0) is 61.2 Å². The van der Waals surface area contributed by atoms with E-state index in [1.165, 1.54) is 24.0 Å². The number of furan rings is 1. The Labute approximate surface area is 210 Å². The van der Waals surface area contributed by atoms with Gasteiger partial charge in [-0.3, -0.25) is 9.59 Å². The maximum absolute atomic E-state index is 13.6. The van der Waals surface area contributed by atoms with Gasteiger partial charge in [-0.15, -0.1) is 11.8 Å². The molecule has 0 spiro atoms. The molecule has 5 nitrogen and oxygen atoms in total. The van der Waals surface area contributed by atoms with Crippen molar-refractivity contribution in [3.63, 3.8) is 0 Å². The minimum Gasteiger partial charge on any atom is -0.467 e. The molecule has 2 unspecified atom stereocenters. The van der Waals surface area contributed by atoms with Crippen LogP contribution in [0.15, 0.2) is 76.2 Å². The lowest BCUT2D eigenvalue weighted by atomic mass is 9.92. The number of amides is 2. The lowest BCUT2D eigenvalue weighted by molar-refractivity contribution is -0.130. The van der Waals surface area contributed by atoms with Gasteiger partial charge in [-0.25, -0.2) is 0 Å². The highest BCUT2D eigenvalue weighted by molar-refractivity contribution is 8.04. The number of carbonyl (C=O) groups excluding carboxylic acids is 2. The molecule has 5 rings (SSSR count). The third kappa shape index (κ3) is 5.54. The summed E-state index contributed by atoms with van der Waals surface area (Å²) in [5.74, 6) is 0.668. The summed E-state index contributed by atoms with van der Waals surface area (Å²) in [7, 11) is 0. The smallest absolute Gasteiger partial charge is 0.260 e. The summed E-state index contributed by atoms with van der Waals surface area (Å²) in [5, 5.41) is 3.29. The Hall–Kier alpha value is -3.25. The van der Waals surface area contributed by atoms with E-state index in [-0.39, 0.29) is 11.8 Å². The molecule has 2 aliphatic rings. The monoisotopic (exact) mass is 486 g/mol. The normalized spacial score (nSPS) is 21.1. The number of hydrogen-bond acceptors (Lipinski definition) is 4. The van der Waals surface area contributed by atoms with Gasteiger partial charge in [0.1, 0.15) is 5.76 Å². The summed E-state index contributed by atoms with van der Waals surface area (Å²) in [6.07, 6.45) is 8.18. The Morgan fingerprint density at radius 2 is 1.94 bits per heavy atom. The molecule has 0 radical (unpaired) electrons. The second-order valence-corrected chi connectivity index (χ2v) is 10.6. The van der Waals surface area contributed by atoms with Crippen LogP contribution < -0.4 is 5.32 Å². The van der Waals surface area contributed by atoms with Crippen LogP contribution in [-0.4, -0.2) is 28.0 Å². The van der Waals surface area contributed by atoms with Crippen molar-refractivity contribution >= 4 is 29.7 Å². The molecular formula is C29H30N2O3S. The Morgan fingerprint density at radius 3 is 2.71 bits per heavy atom. The van der Waals surface area contributed by atoms with E-state index in [4.69, 9.17) is 4.42 Å². The van der Waals surface area contributed by atoms with E-state index < -0.39 is 0 Å². The first-order chi connectivity index (χ1) is 17.1. The second-order valence-electron chi connectivity index (χ2n) is 9.32. The van der Waals surface area contributed by atoms with Crippen molar-refractivity contribution in [2.45, 2.75) is 57.0 Å². The number of thioether (sulfide) groups is 1. The molecular weight excluding hydrogens is 456 g/mol. The lowest BCUT2D eigenvalue weighted by Gasteiger charge is -2.44. The largest absolute Gasteiger partial charge is 0.467 e. The van der Waals surface area contributed by atoms with E-state index >= 15 is 0 Å². The molecule has 1 aliphatic carbocycles. The maximum Gasteiger partial charge on any atom is 0.260 e. The lowest BCUT2D eigenvalue weighted by Crippen LogP contribution is -2.50. The highest BCUT2D eigenvalue weighted by Crippen LogP contribution is 2.42. The number of aryl methyl sites for hydroxylation is 1. The second kappa shape index (κ2) is 10.6. The van der Waals surface area contributed by atoms with Crippen molar-refractivity contribution < 1.29 is 14.0 Å². The van der Waals surface area contributed by atoms with Gasteiger partial charge in [-0.1, -0.05) is 54.8 Å². The van der Waals surface area contributed by atoms with E-state index in [1.54, 1.807) is 36.2 Å². The van der Waals surface area contributed by atoms with Crippen molar-refractivity contribution in [1.82, 2.24) is 10.2 Å². The number of carbonyl (C=O) groups is 2. The van der Waals surface area contributed by atoms with E-state index in [1.807, 2.05) is 24.3 Å². The molecule has 2 atom stereocenters. The summed E-state index contributed by atoms with van der Waals surface area (Å²) >= 11 is 1.73. The molecule has 6 heteroatoms. The first-order valence-electron chi connectivity index (χ1n) is 12.2. The minimum atomic E-state index is -0.155. The van der Waals surface area contributed by atoms with Crippen LogP contribution in [0.25, 0.3) is 6.08 Å². The van der Waals surface area contributed by atoms with Gasteiger partial charge in [0.15, 0.2) is 0 Å². The van der Waals surface area contributed by atoms with Gasteiger partial charge >= 0.3 is 0 Å². The molecule has 1 N–H and O–H groups in total. The number of nitrogens with zero attached hydrogens (tertiary/aromatic N) is 1. The van der Waals surface area contributed by atoms with Crippen molar-refractivity contribution in [3.8, 4) is 0 Å². The first kappa shape index (κ1) is 23.5. The van der Waals surface area contributed by atoms with Crippen molar-refractivity contribution in [2.24, 2.45) is 0 Å². The molecule has 0 bridgehead atoms. The molecule has 1 saturated heterocycles. The van der Waals surface area contributed by atoms with Gasteiger partial charge < -0.3 is 14.6 Å². The summed E-state index contributed by atoms with van der Waals surface area (Å²) in [6.45, 7) is 3.09. The Morgan fingerprint density at radius 1 is 1.11 bits per heavy atom. The number of rotatable bonds is 6. The Bertz CT molecular complexity index is 1220. The predicted molar refractivity (Wildman–Crippen MR) is 140 cm³/mol. The highest BCUT2D eigenvalue weighted by atomic mass is 32.2. The zero-order valence-electron chi connectivity index (χ0n) is 19.9. The van der Waals surface area contributed by atoms with Gasteiger partial charge in [0.2, 0.25) is 0 Å². The van der Waals surface area contributed by atoms with Crippen LogP contribution in [0.3, 0.4) is 0 Å². The van der Waals surface area contributed by atoms with Gasteiger partial charge in [0, 0.05) is 23.4 Å². The van der Waals surface area contributed by atoms with E-state index in [2.05, 4.69) is 41.4 Å². The maximum atomic E-state index is 13.6. The SMILES string of the molecule is Cc1cccc(CN2C(=O)/C(=C\c3ccc(C(=O)NCc4ccco4)cc3)SC3CCCCC32)c1. The zero-order valence-corrected chi connectivity index (χ0v) is 20.7. The third-order valence-electron chi connectivity index (χ3n) is 6.73. The zero-order chi connectivity index (χ0) is 24.2. The van der Waals surface area contributed by atoms with Crippen LogP contribution in [0.5, 0.6) is 0 Å². The van der Waals surface area contributed by atoms with E-state index in [0.29, 0.717) is 35.7 Å².